The second-order valence-electron chi connectivity index (χ2n) is 6.64. The molecule has 0 aromatic heterocycles. The van der Waals surface area contributed by atoms with E-state index in [1.54, 1.807) is 25.3 Å². The molecule has 1 unspecified atom stereocenters. The number of aliphatic imine (C=N–C) groups is 1. The molecular formula is C22H23ClN2O3S. The van der Waals surface area contributed by atoms with Crippen LogP contribution in [-0.2, 0) is 4.79 Å². The molecule has 0 spiro atoms. The van der Waals surface area contributed by atoms with Gasteiger partial charge in [0.25, 0.3) is 5.91 Å². The van der Waals surface area contributed by atoms with Gasteiger partial charge in [-0.15, -0.1) is 0 Å². The van der Waals surface area contributed by atoms with Gasteiger partial charge in [-0.3, -0.25) is 4.79 Å². The minimum absolute atomic E-state index is 0.0157. The van der Waals surface area contributed by atoms with E-state index in [-0.39, 0.29) is 12.0 Å². The first-order chi connectivity index (χ1) is 13.9. The summed E-state index contributed by atoms with van der Waals surface area (Å²) in [6.07, 6.45) is 2.63. The molecule has 0 radical (unpaired) electrons. The van der Waals surface area contributed by atoms with Crippen LogP contribution in [0.3, 0.4) is 0 Å². The summed E-state index contributed by atoms with van der Waals surface area (Å²) in [5.74, 6) is 0.843. The molecule has 152 valence electrons. The lowest BCUT2D eigenvalue weighted by Gasteiger charge is -2.17. The van der Waals surface area contributed by atoms with Crippen molar-refractivity contribution in [1.29, 1.82) is 0 Å². The van der Waals surface area contributed by atoms with Gasteiger partial charge in [-0.25, -0.2) is 4.99 Å². The lowest BCUT2D eigenvalue weighted by Crippen LogP contribution is -2.19. The number of benzene rings is 2. The number of thioether (sulfide) groups is 1. The van der Waals surface area contributed by atoms with Crippen LogP contribution < -0.4 is 14.8 Å². The predicted molar refractivity (Wildman–Crippen MR) is 120 cm³/mol. The van der Waals surface area contributed by atoms with Crippen LogP contribution in [0.1, 0.15) is 31.4 Å². The Kier molecular flexibility index (Phi) is 6.87. The number of halogens is 1. The Balaban J connectivity index is 1.87. The first-order valence-corrected chi connectivity index (χ1v) is 10.5. The first-order valence-electron chi connectivity index (χ1n) is 9.30. The fourth-order valence-corrected chi connectivity index (χ4v) is 3.75. The van der Waals surface area contributed by atoms with Crippen LogP contribution >= 0.6 is 23.4 Å². The van der Waals surface area contributed by atoms with Crippen LogP contribution in [0.15, 0.2) is 46.3 Å². The highest BCUT2D eigenvalue weighted by molar-refractivity contribution is 8.18. The van der Waals surface area contributed by atoms with Gasteiger partial charge in [0, 0.05) is 0 Å². The van der Waals surface area contributed by atoms with Gasteiger partial charge >= 0.3 is 0 Å². The van der Waals surface area contributed by atoms with Crippen molar-refractivity contribution in [2.24, 2.45) is 4.99 Å². The van der Waals surface area contributed by atoms with Crippen molar-refractivity contribution in [2.75, 3.05) is 7.11 Å². The zero-order valence-electron chi connectivity index (χ0n) is 16.8. The smallest absolute Gasteiger partial charge is 0.264 e. The third-order valence-corrected chi connectivity index (χ3v) is 5.62. The maximum Gasteiger partial charge on any atom is 0.264 e. The minimum Gasteiger partial charge on any atom is -0.493 e. The highest BCUT2D eigenvalue weighted by atomic mass is 35.5. The molecule has 1 amide bonds. The summed E-state index contributed by atoms with van der Waals surface area (Å²) >= 11 is 7.71. The van der Waals surface area contributed by atoms with Crippen molar-refractivity contribution < 1.29 is 14.3 Å². The van der Waals surface area contributed by atoms with E-state index in [1.807, 2.05) is 45.0 Å². The molecule has 1 aliphatic heterocycles. The van der Waals surface area contributed by atoms with Gasteiger partial charge in [0.2, 0.25) is 0 Å². The summed E-state index contributed by atoms with van der Waals surface area (Å²) in [6, 6.07) is 11.3. The van der Waals surface area contributed by atoms with Crippen molar-refractivity contribution in [1.82, 2.24) is 5.32 Å². The number of methoxy groups -OCH3 is 1. The van der Waals surface area contributed by atoms with Gasteiger partial charge in [0.1, 0.15) is 0 Å². The molecule has 0 saturated carbocycles. The molecule has 1 fully saturated rings. The Morgan fingerprint density at radius 2 is 2.07 bits per heavy atom. The topological polar surface area (TPSA) is 59.9 Å². The third kappa shape index (κ3) is 5.14. The van der Waals surface area contributed by atoms with E-state index in [2.05, 4.69) is 10.3 Å². The molecule has 2 aromatic carbocycles. The fourth-order valence-electron chi connectivity index (χ4n) is 2.65. The van der Waals surface area contributed by atoms with Crippen molar-refractivity contribution in [2.45, 2.75) is 33.3 Å². The van der Waals surface area contributed by atoms with E-state index >= 15 is 0 Å². The van der Waals surface area contributed by atoms with E-state index in [9.17, 15) is 4.79 Å². The van der Waals surface area contributed by atoms with Crippen molar-refractivity contribution in [3.63, 3.8) is 0 Å². The van der Waals surface area contributed by atoms with Gasteiger partial charge in [0.05, 0.1) is 28.8 Å². The zero-order chi connectivity index (χ0) is 21.0. The quantitative estimate of drug-likeness (QED) is 0.595. The van der Waals surface area contributed by atoms with Crippen LogP contribution in [0, 0.1) is 6.92 Å². The predicted octanol–water partition coefficient (Wildman–Crippen LogP) is 5.73. The molecule has 7 heteroatoms. The molecule has 1 N–H and O–H groups in total. The normalized spacial score (nSPS) is 17.5. The van der Waals surface area contributed by atoms with E-state index in [0.29, 0.717) is 26.6 Å². The summed E-state index contributed by atoms with van der Waals surface area (Å²) in [6.45, 7) is 5.99. The number of nitrogens with zero attached hydrogens (tertiary/aromatic N) is 1. The number of hydrogen-bond acceptors (Lipinski definition) is 5. The van der Waals surface area contributed by atoms with Gasteiger partial charge < -0.3 is 14.8 Å². The molecule has 5 nitrogen and oxygen atoms in total. The number of aryl methyl sites for hydroxylation is 1. The Morgan fingerprint density at radius 1 is 1.31 bits per heavy atom. The summed E-state index contributed by atoms with van der Waals surface area (Å²) in [5, 5.41) is 3.79. The molecule has 0 aliphatic carbocycles. The average molecular weight is 431 g/mol. The Bertz CT molecular complexity index is 988. The molecular weight excluding hydrogens is 408 g/mol. The summed E-state index contributed by atoms with van der Waals surface area (Å²) in [7, 11) is 1.57. The molecule has 3 rings (SSSR count). The monoisotopic (exact) mass is 430 g/mol. The SMILES string of the molecule is CCC(C)Oc1c(Cl)cc(C=C2SC(=Nc3ccccc3C)NC2=O)cc1OC. The van der Waals surface area contributed by atoms with Crippen LogP contribution in [0.25, 0.3) is 6.08 Å². The maximum absolute atomic E-state index is 12.4. The summed E-state index contributed by atoms with van der Waals surface area (Å²) in [5.41, 5.74) is 2.62. The van der Waals surface area contributed by atoms with Crippen molar-refractivity contribution in [3.8, 4) is 11.5 Å². The van der Waals surface area contributed by atoms with E-state index < -0.39 is 0 Å². The lowest BCUT2D eigenvalue weighted by atomic mass is 10.1. The summed E-state index contributed by atoms with van der Waals surface area (Å²) in [4.78, 5) is 17.5. The maximum atomic E-state index is 12.4. The van der Waals surface area contributed by atoms with Crippen molar-refractivity contribution >= 4 is 46.2 Å². The number of carbonyl (C=O) groups is 1. The number of rotatable bonds is 6. The Hall–Kier alpha value is -2.44. The van der Waals surface area contributed by atoms with Gasteiger partial charge in [-0.05, 0) is 67.4 Å². The highest BCUT2D eigenvalue weighted by Gasteiger charge is 2.24. The molecule has 0 bridgehead atoms. The minimum atomic E-state index is -0.197. The molecule has 1 saturated heterocycles. The average Bonchev–Trinajstić information content (AvgIpc) is 3.04. The molecule has 1 heterocycles. The van der Waals surface area contributed by atoms with Gasteiger partial charge in [-0.2, -0.15) is 0 Å². The Morgan fingerprint density at radius 3 is 2.76 bits per heavy atom. The number of para-hydroxylation sites is 1. The number of amidine groups is 1. The highest BCUT2D eigenvalue weighted by Crippen LogP contribution is 2.39. The second-order valence-corrected chi connectivity index (χ2v) is 8.08. The fraction of sp³-hybridized carbons (Fsp3) is 0.273. The Labute approximate surface area is 180 Å². The number of hydrogen-bond donors (Lipinski definition) is 1. The van der Waals surface area contributed by atoms with E-state index in [0.717, 1.165) is 23.2 Å². The van der Waals surface area contributed by atoms with E-state index in [4.69, 9.17) is 21.1 Å². The van der Waals surface area contributed by atoms with Gasteiger partial charge in [0.15, 0.2) is 16.7 Å². The number of carbonyl (C=O) groups excluding carboxylic acids is 1. The standard InChI is InChI=1S/C22H23ClN2O3S/c1-5-14(3)28-20-16(23)10-15(11-18(20)27-4)12-19-21(26)25-22(29-19)24-17-9-7-6-8-13(17)2/h6-12,14H,5H2,1-4H3,(H,24,25,26). The lowest BCUT2D eigenvalue weighted by molar-refractivity contribution is -0.115. The van der Waals surface area contributed by atoms with Crippen molar-refractivity contribution in [3.05, 3.63) is 57.5 Å². The summed E-state index contributed by atoms with van der Waals surface area (Å²) < 4.78 is 11.3. The molecule has 1 atom stereocenters. The molecule has 2 aromatic rings. The number of ether oxygens (including phenoxy) is 2. The molecule has 29 heavy (non-hydrogen) atoms. The van der Waals surface area contributed by atoms with E-state index in [1.165, 1.54) is 11.8 Å². The molecule has 1 aliphatic rings. The number of nitrogens with one attached hydrogen (secondary N) is 1. The van der Waals surface area contributed by atoms with Crippen LogP contribution in [-0.4, -0.2) is 24.3 Å². The third-order valence-electron chi connectivity index (χ3n) is 4.43. The largest absolute Gasteiger partial charge is 0.493 e. The van der Waals surface area contributed by atoms with Crippen LogP contribution in [0.5, 0.6) is 11.5 Å². The second kappa shape index (κ2) is 9.37. The first kappa shape index (κ1) is 21.3. The zero-order valence-corrected chi connectivity index (χ0v) is 18.4. The van der Waals surface area contributed by atoms with Crippen LogP contribution in [0.4, 0.5) is 5.69 Å². The van der Waals surface area contributed by atoms with Gasteiger partial charge in [-0.1, -0.05) is 36.7 Å². The number of amides is 1. The van der Waals surface area contributed by atoms with Crippen LogP contribution in [0.2, 0.25) is 5.02 Å².